The molecule has 0 spiro atoms. The number of rotatable bonds is 8. The van der Waals surface area contributed by atoms with Gasteiger partial charge in [-0.2, -0.15) is 0 Å². The monoisotopic (exact) mass is 228 g/mol. The van der Waals surface area contributed by atoms with Crippen LogP contribution in [-0.4, -0.2) is 0 Å². The molecule has 1 aromatic rings. The van der Waals surface area contributed by atoms with Gasteiger partial charge in [0.2, 0.25) is 0 Å². The van der Waals surface area contributed by atoms with E-state index in [2.05, 4.69) is 55.5 Å². The molecule has 17 heavy (non-hydrogen) atoms. The maximum atomic E-state index is 2.31. The van der Waals surface area contributed by atoms with Crippen LogP contribution in [0.2, 0.25) is 0 Å². The molecule has 0 N–H and O–H groups in total. The van der Waals surface area contributed by atoms with Crippen LogP contribution >= 0.6 is 0 Å². The lowest BCUT2D eigenvalue weighted by Gasteiger charge is -1.93. The molecule has 0 radical (unpaired) electrons. The second-order valence-corrected chi connectivity index (χ2v) is 4.37. The first-order valence-corrected chi connectivity index (χ1v) is 6.80. The number of hydrogen-bond donors (Lipinski definition) is 0. The predicted molar refractivity (Wildman–Crippen MR) is 78.0 cm³/mol. The lowest BCUT2D eigenvalue weighted by Crippen LogP contribution is -1.73. The summed E-state index contributed by atoms with van der Waals surface area (Å²) in [6.45, 7) is 2.25. The highest BCUT2D eigenvalue weighted by Gasteiger charge is 1.84. The number of unbranched alkanes of at least 4 members (excludes halogenated alkanes) is 4. The van der Waals surface area contributed by atoms with Crippen LogP contribution in [-0.2, 0) is 0 Å². The minimum absolute atomic E-state index is 1.04. The van der Waals surface area contributed by atoms with E-state index in [1.54, 1.807) is 0 Å². The summed E-state index contributed by atoms with van der Waals surface area (Å²) in [4.78, 5) is 0. The van der Waals surface area contributed by atoms with E-state index in [-0.39, 0.29) is 0 Å². The molecule has 0 aliphatic rings. The van der Waals surface area contributed by atoms with E-state index in [9.17, 15) is 0 Å². The first-order chi connectivity index (χ1) is 8.43. The summed E-state index contributed by atoms with van der Waals surface area (Å²) in [5, 5.41) is 0. The van der Waals surface area contributed by atoms with Crippen molar-refractivity contribution in [3.63, 3.8) is 0 Å². The van der Waals surface area contributed by atoms with Crippen LogP contribution in [0.25, 0.3) is 6.08 Å². The van der Waals surface area contributed by atoms with Gasteiger partial charge < -0.3 is 0 Å². The molecule has 1 aromatic carbocycles. The summed E-state index contributed by atoms with van der Waals surface area (Å²) in [5.41, 5.74) is 1.28. The SMILES string of the molecule is CCCCCC/C=C/C/C=C\c1ccccc1. The summed E-state index contributed by atoms with van der Waals surface area (Å²) in [7, 11) is 0. The molecule has 1 rings (SSSR count). The highest BCUT2D eigenvalue weighted by molar-refractivity contribution is 5.48. The Morgan fingerprint density at radius 2 is 1.71 bits per heavy atom. The normalized spacial score (nSPS) is 11.6. The van der Waals surface area contributed by atoms with Crippen molar-refractivity contribution in [3.8, 4) is 0 Å². The Morgan fingerprint density at radius 1 is 0.882 bits per heavy atom. The third-order valence-corrected chi connectivity index (χ3v) is 2.77. The summed E-state index contributed by atoms with van der Waals surface area (Å²) >= 11 is 0. The van der Waals surface area contributed by atoms with Crippen molar-refractivity contribution in [2.24, 2.45) is 0 Å². The van der Waals surface area contributed by atoms with E-state index in [0.717, 1.165) is 6.42 Å². The fourth-order valence-corrected chi connectivity index (χ4v) is 1.75. The van der Waals surface area contributed by atoms with Crippen molar-refractivity contribution < 1.29 is 0 Å². The summed E-state index contributed by atoms with van der Waals surface area (Å²) in [5.74, 6) is 0. The molecule has 0 atom stereocenters. The van der Waals surface area contributed by atoms with Crippen LogP contribution in [0.5, 0.6) is 0 Å². The van der Waals surface area contributed by atoms with Crippen LogP contribution in [0.15, 0.2) is 48.6 Å². The van der Waals surface area contributed by atoms with Crippen LogP contribution in [0.3, 0.4) is 0 Å². The maximum absolute atomic E-state index is 2.31. The third kappa shape index (κ3) is 7.57. The summed E-state index contributed by atoms with van der Waals surface area (Å²) in [6, 6.07) is 10.5. The Morgan fingerprint density at radius 3 is 2.47 bits per heavy atom. The van der Waals surface area contributed by atoms with Crippen LogP contribution in [0, 0.1) is 0 Å². The van der Waals surface area contributed by atoms with Gasteiger partial charge in [-0.1, -0.05) is 80.8 Å². The second kappa shape index (κ2) is 9.89. The molecule has 0 amide bonds. The van der Waals surface area contributed by atoms with E-state index < -0.39 is 0 Å². The van der Waals surface area contributed by atoms with Gasteiger partial charge in [0, 0.05) is 0 Å². The van der Waals surface area contributed by atoms with E-state index in [4.69, 9.17) is 0 Å². The van der Waals surface area contributed by atoms with E-state index in [0.29, 0.717) is 0 Å². The quantitative estimate of drug-likeness (QED) is 0.400. The third-order valence-electron chi connectivity index (χ3n) is 2.77. The molecule has 0 fully saturated rings. The zero-order valence-corrected chi connectivity index (χ0v) is 10.9. The molecular formula is C17H24. The van der Waals surface area contributed by atoms with Gasteiger partial charge in [-0.05, 0) is 24.8 Å². The van der Waals surface area contributed by atoms with Crippen molar-refractivity contribution in [1.29, 1.82) is 0 Å². The van der Waals surface area contributed by atoms with Gasteiger partial charge in [-0.25, -0.2) is 0 Å². The van der Waals surface area contributed by atoms with Gasteiger partial charge in [-0.3, -0.25) is 0 Å². The van der Waals surface area contributed by atoms with Gasteiger partial charge in [0.15, 0.2) is 0 Å². The lowest BCUT2D eigenvalue weighted by molar-refractivity contribution is 0.674. The number of allylic oxidation sites excluding steroid dienone is 3. The average Bonchev–Trinajstić information content (AvgIpc) is 2.38. The van der Waals surface area contributed by atoms with Crippen molar-refractivity contribution in [1.82, 2.24) is 0 Å². The largest absolute Gasteiger partial charge is 0.0882 e. The Balaban J connectivity index is 2.07. The van der Waals surface area contributed by atoms with E-state index >= 15 is 0 Å². The topological polar surface area (TPSA) is 0 Å². The average molecular weight is 228 g/mol. The molecule has 0 aliphatic carbocycles. The highest BCUT2D eigenvalue weighted by Crippen LogP contribution is 2.04. The Kier molecular flexibility index (Phi) is 8.01. The molecule has 0 nitrogen and oxygen atoms in total. The van der Waals surface area contributed by atoms with E-state index in [1.165, 1.54) is 37.7 Å². The molecule has 0 heteroatoms. The zero-order valence-electron chi connectivity index (χ0n) is 10.9. The number of benzene rings is 1. The predicted octanol–water partition coefficient (Wildman–Crippen LogP) is 5.62. The molecule has 0 aliphatic heterocycles. The molecule has 0 bridgehead atoms. The Hall–Kier alpha value is -1.30. The lowest BCUT2D eigenvalue weighted by atomic mass is 10.1. The van der Waals surface area contributed by atoms with Gasteiger partial charge in [0.1, 0.15) is 0 Å². The zero-order chi connectivity index (χ0) is 12.2. The fourth-order valence-electron chi connectivity index (χ4n) is 1.75. The first-order valence-electron chi connectivity index (χ1n) is 6.80. The summed E-state index contributed by atoms with van der Waals surface area (Å²) in [6.07, 6.45) is 16.7. The molecular weight excluding hydrogens is 204 g/mol. The van der Waals surface area contributed by atoms with Crippen LogP contribution in [0.4, 0.5) is 0 Å². The van der Waals surface area contributed by atoms with Crippen LogP contribution < -0.4 is 0 Å². The highest BCUT2D eigenvalue weighted by atomic mass is 13.9. The summed E-state index contributed by atoms with van der Waals surface area (Å²) < 4.78 is 0. The molecule has 0 unspecified atom stereocenters. The van der Waals surface area contributed by atoms with Crippen molar-refractivity contribution in [2.75, 3.05) is 0 Å². The van der Waals surface area contributed by atoms with Crippen molar-refractivity contribution in [3.05, 3.63) is 54.1 Å². The Bertz CT molecular complexity index is 319. The van der Waals surface area contributed by atoms with E-state index in [1.807, 2.05) is 6.07 Å². The Labute approximate surface area is 106 Å². The molecule has 0 saturated carbocycles. The minimum atomic E-state index is 1.04. The minimum Gasteiger partial charge on any atom is -0.0882 e. The van der Waals surface area contributed by atoms with Gasteiger partial charge in [0.05, 0.1) is 0 Å². The van der Waals surface area contributed by atoms with Crippen molar-refractivity contribution >= 4 is 6.08 Å². The molecule has 0 heterocycles. The van der Waals surface area contributed by atoms with Crippen molar-refractivity contribution in [2.45, 2.75) is 45.4 Å². The maximum Gasteiger partial charge on any atom is -0.0166 e. The van der Waals surface area contributed by atoms with Gasteiger partial charge >= 0.3 is 0 Å². The fraction of sp³-hybridized carbons (Fsp3) is 0.412. The number of hydrogen-bond acceptors (Lipinski definition) is 0. The van der Waals surface area contributed by atoms with Gasteiger partial charge in [0.25, 0.3) is 0 Å². The smallest absolute Gasteiger partial charge is 0.0166 e. The van der Waals surface area contributed by atoms with Gasteiger partial charge in [-0.15, -0.1) is 0 Å². The molecule has 92 valence electrons. The molecule has 0 saturated heterocycles. The second-order valence-electron chi connectivity index (χ2n) is 4.37. The first kappa shape index (κ1) is 13.8. The van der Waals surface area contributed by atoms with Crippen LogP contribution in [0.1, 0.15) is 51.0 Å². The standard InChI is InChI=1S/C17H24/c1-2-3-4-5-6-7-8-9-11-14-17-15-12-10-13-16-17/h7-8,10-16H,2-6,9H2,1H3/b8-7+,14-11-. The molecule has 0 aromatic heterocycles.